The van der Waals surface area contributed by atoms with Gasteiger partial charge >= 0.3 is 0 Å². The van der Waals surface area contributed by atoms with Crippen molar-refractivity contribution in [2.75, 3.05) is 18.5 Å². The van der Waals surface area contributed by atoms with Crippen LogP contribution in [0.5, 0.6) is 5.75 Å². The maximum atomic E-state index is 13.2. The Bertz CT molecular complexity index is 1040. The van der Waals surface area contributed by atoms with Gasteiger partial charge in [0.15, 0.2) is 5.13 Å². The summed E-state index contributed by atoms with van der Waals surface area (Å²) in [6.07, 6.45) is 0. The Morgan fingerprint density at radius 3 is 2.40 bits per heavy atom. The van der Waals surface area contributed by atoms with Crippen molar-refractivity contribution >= 4 is 50.0 Å². The average Bonchev–Trinajstić information content (AvgIpc) is 2.98. The number of anilines is 1. The number of nitrogens with zero attached hydrogens (tertiary/aromatic N) is 2. The maximum absolute atomic E-state index is 13.2. The highest BCUT2D eigenvalue weighted by atomic mass is 32.2. The van der Waals surface area contributed by atoms with Crippen LogP contribution >= 0.6 is 11.3 Å². The first-order valence-electron chi connectivity index (χ1n) is 7.76. The van der Waals surface area contributed by atoms with Gasteiger partial charge in [0.25, 0.3) is 10.0 Å². The summed E-state index contributed by atoms with van der Waals surface area (Å²) in [6, 6.07) is 9.34. The lowest BCUT2D eigenvalue weighted by molar-refractivity contribution is 0.413. The molecule has 1 heterocycles. The minimum atomic E-state index is -3.71. The van der Waals surface area contributed by atoms with Gasteiger partial charge in [-0.15, -0.1) is 0 Å². The van der Waals surface area contributed by atoms with Crippen LogP contribution in [0.25, 0.3) is 10.2 Å². The number of benzene rings is 2. The zero-order chi connectivity index (χ0) is 18.4. The summed E-state index contributed by atoms with van der Waals surface area (Å²) in [5.41, 5.74) is 3.18. The quantitative estimate of drug-likeness (QED) is 0.656. The smallest absolute Gasteiger partial charge is 0.266 e. The van der Waals surface area contributed by atoms with Crippen LogP contribution in [0.15, 0.2) is 35.2 Å². The molecule has 25 heavy (non-hydrogen) atoms. The third kappa shape index (κ3) is 3.00. The van der Waals surface area contributed by atoms with Crippen LogP contribution in [-0.2, 0) is 10.0 Å². The molecule has 0 aliphatic carbocycles. The van der Waals surface area contributed by atoms with Crippen molar-refractivity contribution < 1.29 is 13.2 Å². The Morgan fingerprint density at radius 2 is 1.84 bits per heavy atom. The van der Waals surface area contributed by atoms with Gasteiger partial charge in [-0.3, -0.25) is 0 Å². The summed E-state index contributed by atoms with van der Waals surface area (Å²) in [4.78, 5) is 4.84. The SMILES string of the molecule is Bc1cccc2sc(N(C)S(=O)(=O)c3c(C)cc(OC)cc3C)nc12. The lowest BCUT2D eigenvalue weighted by atomic mass is 9.95. The lowest BCUT2D eigenvalue weighted by Gasteiger charge is -2.20. The molecular weight excluding hydrogens is 355 g/mol. The van der Waals surface area contributed by atoms with Gasteiger partial charge in [-0.2, -0.15) is 0 Å². The minimum absolute atomic E-state index is 0.298. The number of rotatable bonds is 4. The average molecular weight is 374 g/mol. The van der Waals surface area contributed by atoms with Crippen molar-refractivity contribution in [1.29, 1.82) is 0 Å². The number of hydrogen-bond donors (Lipinski definition) is 0. The van der Waals surface area contributed by atoms with E-state index < -0.39 is 10.0 Å². The normalized spacial score (nSPS) is 11.7. The van der Waals surface area contributed by atoms with Gasteiger partial charge in [0.1, 0.15) is 13.6 Å². The highest BCUT2D eigenvalue weighted by Gasteiger charge is 2.28. The Kier molecular flexibility index (Phi) is 4.51. The summed E-state index contributed by atoms with van der Waals surface area (Å²) < 4.78 is 33.8. The summed E-state index contributed by atoms with van der Waals surface area (Å²) in [5.74, 6) is 0.646. The van der Waals surface area contributed by atoms with Crippen LogP contribution in [0.2, 0.25) is 0 Å². The summed E-state index contributed by atoms with van der Waals surface area (Å²) >= 11 is 1.37. The molecule has 0 saturated carbocycles. The molecule has 0 spiro atoms. The molecule has 0 bridgehead atoms. The predicted molar refractivity (Wildman–Crippen MR) is 106 cm³/mol. The van der Waals surface area contributed by atoms with E-state index in [1.807, 2.05) is 26.0 Å². The van der Waals surface area contributed by atoms with Crippen molar-refractivity contribution in [2.24, 2.45) is 0 Å². The van der Waals surface area contributed by atoms with Crippen LogP contribution in [0.4, 0.5) is 5.13 Å². The second-order valence-electron chi connectivity index (χ2n) is 5.98. The van der Waals surface area contributed by atoms with E-state index in [-0.39, 0.29) is 0 Å². The highest BCUT2D eigenvalue weighted by Crippen LogP contribution is 2.33. The molecule has 0 aliphatic heterocycles. The molecule has 0 fully saturated rings. The van der Waals surface area contributed by atoms with E-state index in [9.17, 15) is 8.42 Å². The van der Waals surface area contributed by atoms with Gasteiger partial charge in [-0.05, 0) is 43.2 Å². The molecule has 2 aromatic carbocycles. The van der Waals surface area contributed by atoms with Crippen LogP contribution in [0.1, 0.15) is 11.1 Å². The molecule has 3 aromatic rings. The number of fused-ring (bicyclic) bond motifs is 1. The zero-order valence-corrected chi connectivity index (χ0v) is 16.5. The fourth-order valence-electron chi connectivity index (χ4n) is 2.88. The van der Waals surface area contributed by atoms with Crippen molar-refractivity contribution in [2.45, 2.75) is 18.7 Å². The molecule has 8 heteroatoms. The topological polar surface area (TPSA) is 59.5 Å². The molecule has 1 aromatic heterocycles. The first-order valence-corrected chi connectivity index (χ1v) is 10.0. The van der Waals surface area contributed by atoms with Gasteiger partial charge in [0, 0.05) is 7.05 Å². The van der Waals surface area contributed by atoms with Gasteiger partial charge in [-0.1, -0.05) is 28.9 Å². The summed E-state index contributed by atoms with van der Waals surface area (Å²) in [6.45, 7) is 3.55. The monoisotopic (exact) mass is 374 g/mol. The second-order valence-corrected chi connectivity index (χ2v) is 8.90. The highest BCUT2D eigenvalue weighted by molar-refractivity contribution is 7.93. The van der Waals surface area contributed by atoms with Crippen molar-refractivity contribution in [1.82, 2.24) is 4.98 Å². The number of hydrogen-bond acceptors (Lipinski definition) is 5. The predicted octanol–water partition coefficient (Wildman–Crippen LogP) is 2.01. The van der Waals surface area contributed by atoms with Gasteiger partial charge in [0.05, 0.1) is 22.2 Å². The molecular formula is C17H19BN2O3S2. The molecule has 0 amide bonds. The molecule has 5 nitrogen and oxygen atoms in total. The Labute approximate surface area is 152 Å². The van der Waals surface area contributed by atoms with Gasteiger partial charge < -0.3 is 4.74 Å². The Balaban J connectivity index is 2.12. The minimum Gasteiger partial charge on any atom is -0.497 e. The fourth-order valence-corrected chi connectivity index (χ4v) is 5.65. The molecule has 0 N–H and O–H groups in total. The van der Waals surface area contributed by atoms with Gasteiger partial charge in [-0.25, -0.2) is 17.7 Å². The van der Waals surface area contributed by atoms with E-state index in [4.69, 9.17) is 4.74 Å². The molecule has 0 unspecified atom stereocenters. The van der Waals surface area contributed by atoms with Gasteiger partial charge in [0.2, 0.25) is 0 Å². The van der Waals surface area contributed by atoms with E-state index in [0.29, 0.717) is 26.9 Å². The van der Waals surface area contributed by atoms with Crippen LogP contribution < -0.4 is 14.5 Å². The largest absolute Gasteiger partial charge is 0.497 e. The van der Waals surface area contributed by atoms with Crippen molar-refractivity contribution in [3.8, 4) is 5.75 Å². The number of thiazole rings is 1. The van der Waals surface area contributed by atoms with Crippen LogP contribution in [0, 0.1) is 13.8 Å². The molecule has 0 atom stereocenters. The van der Waals surface area contributed by atoms with E-state index in [0.717, 1.165) is 15.7 Å². The molecule has 0 saturated heterocycles. The molecule has 3 rings (SSSR count). The first kappa shape index (κ1) is 17.8. The fraction of sp³-hybridized carbons (Fsp3) is 0.235. The number of para-hydroxylation sites is 1. The second kappa shape index (κ2) is 6.35. The van der Waals surface area contributed by atoms with Crippen molar-refractivity contribution in [3.63, 3.8) is 0 Å². The standard InChI is InChI=1S/C17H19BN2O3S2/c1-10-8-12(23-4)9-11(2)16(10)25(21,22)20(3)17-19-15-13(18)6-5-7-14(15)24-17/h5-9H,18H2,1-4H3. The Hall–Kier alpha value is -2.06. The number of ether oxygens (including phenoxy) is 1. The van der Waals surface area contributed by atoms with Crippen LogP contribution in [-0.4, -0.2) is 35.4 Å². The molecule has 130 valence electrons. The van der Waals surface area contributed by atoms with E-state index in [2.05, 4.69) is 4.98 Å². The lowest BCUT2D eigenvalue weighted by Crippen LogP contribution is -2.28. The Morgan fingerprint density at radius 1 is 1.20 bits per heavy atom. The molecule has 0 radical (unpaired) electrons. The first-order chi connectivity index (χ1) is 11.8. The number of sulfonamides is 1. The van der Waals surface area contributed by atoms with Crippen LogP contribution in [0.3, 0.4) is 0 Å². The van der Waals surface area contributed by atoms with E-state index in [1.54, 1.807) is 40.1 Å². The molecule has 0 aliphatic rings. The summed E-state index contributed by atoms with van der Waals surface area (Å²) in [5, 5.41) is 0.457. The number of aromatic nitrogens is 1. The number of aryl methyl sites for hydroxylation is 2. The van der Waals surface area contributed by atoms with E-state index >= 15 is 0 Å². The third-order valence-electron chi connectivity index (χ3n) is 4.17. The van der Waals surface area contributed by atoms with Crippen molar-refractivity contribution in [3.05, 3.63) is 41.5 Å². The zero-order valence-electron chi connectivity index (χ0n) is 14.8. The summed E-state index contributed by atoms with van der Waals surface area (Å²) in [7, 11) is 1.37. The van der Waals surface area contributed by atoms with E-state index in [1.165, 1.54) is 15.6 Å². The maximum Gasteiger partial charge on any atom is 0.266 e. The third-order valence-corrected chi connectivity index (χ3v) is 7.43. The number of methoxy groups -OCH3 is 1.